The summed E-state index contributed by atoms with van der Waals surface area (Å²) in [6, 6.07) is 0. The second-order valence-electron chi connectivity index (χ2n) is 0.513. The second-order valence-corrected chi connectivity index (χ2v) is 1.54. The van der Waals surface area contributed by atoms with Crippen LogP contribution in [0.2, 0.25) is 0 Å². The van der Waals surface area contributed by atoms with Crippen LogP contribution in [0.25, 0.3) is 0 Å². The topological polar surface area (TPSA) is 106 Å². The summed E-state index contributed by atoms with van der Waals surface area (Å²) in [6.45, 7) is 0. The van der Waals surface area contributed by atoms with Gasteiger partial charge in [0, 0.05) is 0 Å². The third-order valence-electron chi connectivity index (χ3n) is 0. The van der Waals surface area contributed by atoms with Crippen LogP contribution in [0.5, 0.6) is 0 Å². The summed E-state index contributed by atoms with van der Waals surface area (Å²) in [5.41, 5.74) is 0. The molecule has 0 saturated carbocycles. The number of rotatable bonds is 0. The van der Waals surface area contributed by atoms with Crippen molar-refractivity contribution in [2.75, 3.05) is 0 Å². The molecule has 0 bridgehead atoms. The molecule has 0 radical (unpaired) electrons. The SMILES string of the molecule is O=P(O)(O)O.[Al+3].[Ca+2].[O-2]. The molecule has 0 aromatic heterocycles. The normalized spacial score (nSPS) is 7.38. The van der Waals surface area contributed by atoms with Gasteiger partial charge in [-0.25, -0.2) is 4.57 Å². The predicted molar refractivity (Wildman–Crippen MR) is 26.5 cm³/mol. The Morgan fingerprint density at radius 3 is 1.12 bits per heavy atom. The van der Waals surface area contributed by atoms with Gasteiger partial charge in [-0.3, -0.25) is 0 Å². The van der Waals surface area contributed by atoms with Gasteiger partial charge in [0.1, 0.15) is 0 Å². The monoisotopic (exact) mass is 181 g/mol. The molecular weight excluding hydrogens is 178 g/mol. The molecule has 8 heavy (non-hydrogen) atoms. The molecule has 3 N–H and O–H groups in total. The molecule has 40 valence electrons. The Labute approximate surface area is 86.8 Å². The van der Waals surface area contributed by atoms with Crippen molar-refractivity contribution in [1.82, 2.24) is 0 Å². The zero-order valence-corrected chi connectivity index (χ0v) is 8.15. The van der Waals surface area contributed by atoms with E-state index in [2.05, 4.69) is 0 Å². The molecule has 8 heteroatoms. The Morgan fingerprint density at radius 2 is 1.12 bits per heavy atom. The Bertz CT molecular complexity index is 58.6. The van der Waals surface area contributed by atoms with Crippen LogP contribution < -0.4 is 0 Å². The van der Waals surface area contributed by atoms with Crippen molar-refractivity contribution < 1.29 is 24.7 Å². The van der Waals surface area contributed by atoms with Gasteiger partial charge in [-0.2, -0.15) is 0 Å². The summed E-state index contributed by atoms with van der Waals surface area (Å²) >= 11 is 0. The van der Waals surface area contributed by atoms with Gasteiger partial charge in [-0.1, -0.05) is 0 Å². The largest absolute Gasteiger partial charge is 3.00 e. The molecule has 0 saturated heterocycles. The minimum absolute atomic E-state index is 0. The molecule has 0 fully saturated rings. The molecule has 0 aliphatic heterocycles. The molecule has 0 amide bonds. The molecule has 0 atom stereocenters. The van der Waals surface area contributed by atoms with Gasteiger partial charge in [0.25, 0.3) is 0 Å². The van der Waals surface area contributed by atoms with E-state index in [4.69, 9.17) is 19.2 Å². The maximum absolute atomic E-state index is 8.88. The van der Waals surface area contributed by atoms with Crippen LogP contribution in [0.1, 0.15) is 0 Å². The number of hydrogen-bond acceptors (Lipinski definition) is 1. The van der Waals surface area contributed by atoms with Crippen LogP contribution in [0.15, 0.2) is 0 Å². The Balaban J connectivity index is -0.0000000267. The second kappa shape index (κ2) is 8.86. The average molecular weight is 181 g/mol. The average Bonchev–Trinajstić information content (AvgIpc) is 0.722. The van der Waals surface area contributed by atoms with Gasteiger partial charge in [-0.05, 0) is 0 Å². The van der Waals surface area contributed by atoms with Crippen LogP contribution in [-0.4, -0.2) is 69.8 Å². The van der Waals surface area contributed by atoms with Gasteiger partial charge in [-0.15, -0.1) is 0 Å². The molecule has 0 aliphatic carbocycles. The van der Waals surface area contributed by atoms with Crippen molar-refractivity contribution >= 4 is 62.9 Å². The van der Waals surface area contributed by atoms with E-state index in [9.17, 15) is 0 Å². The third kappa shape index (κ3) is 107. The van der Waals surface area contributed by atoms with E-state index in [0.29, 0.717) is 0 Å². The summed E-state index contributed by atoms with van der Waals surface area (Å²) in [5.74, 6) is 0. The first-order chi connectivity index (χ1) is 2.00. The van der Waals surface area contributed by atoms with E-state index >= 15 is 0 Å². The van der Waals surface area contributed by atoms with E-state index in [-0.39, 0.29) is 60.6 Å². The minimum Gasteiger partial charge on any atom is -2.00 e. The molecule has 0 spiro atoms. The Kier molecular flexibility index (Phi) is 25.0. The van der Waals surface area contributed by atoms with E-state index in [1.54, 1.807) is 0 Å². The van der Waals surface area contributed by atoms with Crippen LogP contribution in [0.3, 0.4) is 0 Å². The minimum atomic E-state index is -4.64. The van der Waals surface area contributed by atoms with Gasteiger partial charge in [0.15, 0.2) is 0 Å². The fourth-order valence-corrected chi connectivity index (χ4v) is 0. The zero-order chi connectivity index (χ0) is 4.50. The molecule has 0 aromatic carbocycles. The van der Waals surface area contributed by atoms with Gasteiger partial charge in [0.2, 0.25) is 0 Å². The Morgan fingerprint density at radius 1 is 1.12 bits per heavy atom. The summed E-state index contributed by atoms with van der Waals surface area (Å²) < 4.78 is 8.88. The standard InChI is InChI=1S/Al.Ca.H3O4P.O/c;;1-5(2,3)4;/h;;(H3,1,2,3,4);/q+3;+2;;-2. The zero-order valence-electron chi connectivity index (χ0n) is 3.89. The van der Waals surface area contributed by atoms with Crippen molar-refractivity contribution in [2.45, 2.75) is 0 Å². The Hall–Kier alpha value is 1.86. The predicted octanol–water partition coefficient (Wildman–Crippen LogP) is -1.81. The fraction of sp³-hybridized carbons (Fsp3) is 0. The molecular formula is H3AlCaO5P+3. The molecule has 0 heterocycles. The van der Waals surface area contributed by atoms with Crippen LogP contribution >= 0.6 is 7.82 Å². The maximum Gasteiger partial charge on any atom is 3.00 e. The number of hydrogen-bond donors (Lipinski definition) is 3. The molecule has 0 aromatic rings. The molecule has 0 rings (SSSR count). The molecule has 0 unspecified atom stereocenters. The van der Waals surface area contributed by atoms with Crippen molar-refractivity contribution in [2.24, 2.45) is 0 Å². The summed E-state index contributed by atoms with van der Waals surface area (Å²) in [5, 5.41) is 0. The first-order valence-corrected chi connectivity index (χ1v) is 2.35. The molecule has 0 aliphatic rings. The van der Waals surface area contributed by atoms with E-state index < -0.39 is 7.82 Å². The van der Waals surface area contributed by atoms with Gasteiger partial charge >= 0.3 is 62.9 Å². The van der Waals surface area contributed by atoms with Crippen molar-refractivity contribution in [1.29, 1.82) is 0 Å². The van der Waals surface area contributed by atoms with Crippen molar-refractivity contribution in [3.8, 4) is 0 Å². The fourth-order valence-electron chi connectivity index (χ4n) is 0. The molecule has 5 nitrogen and oxygen atoms in total. The van der Waals surface area contributed by atoms with Crippen LogP contribution in [0, 0.1) is 0 Å². The van der Waals surface area contributed by atoms with Crippen molar-refractivity contribution in [3.05, 3.63) is 0 Å². The summed E-state index contributed by atoms with van der Waals surface area (Å²) in [4.78, 5) is 21.6. The van der Waals surface area contributed by atoms with E-state index in [0.717, 1.165) is 0 Å². The number of phosphoric acid groups is 1. The first kappa shape index (κ1) is 22.5. The first-order valence-electron chi connectivity index (χ1n) is 0.783. The van der Waals surface area contributed by atoms with E-state index in [1.807, 2.05) is 0 Å². The quantitative estimate of drug-likeness (QED) is 0.302. The summed E-state index contributed by atoms with van der Waals surface area (Å²) in [6.07, 6.45) is 0. The smallest absolute Gasteiger partial charge is 2.00 e. The third-order valence-corrected chi connectivity index (χ3v) is 0. The van der Waals surface area contributed by atoms with Crippen molar-refractivity contribution in [3.63, 3.8) is 0 Å². The van der Waals surface area contributed by atoms with Crippen LogP contribution in [0.4, 0.5) is 0 Å². The van der Waals surface area contributed by atoms with E-state index in [1.165, 1.54) is 0 Å². The van der Waals surface area contributed by atoms with Crippen LogP contribution in [-0.2, 0) is 10.0 Å². The summed E-state index contributed by atoms with van der Waals surface area (Å²) in [7, 11) is -4.64. The van der Waals surface area contributed by atoms with Gasteiger partial charge < -0.3 is 20.2 Å². The van der Waals surface area contributed by atoms with Gasteiger partial charge in [0.05, 0.1) is 0 Å². The maximum atomic E-state index is 8.88.